The molecule has 0 spiro atoms. The van der Waals surface area contributed by atoms with Gasteiger partial charge in [0.1, 0.15) is 18.2 Å². The minimum absolute atomic E-state index is 0.309. The minimum Gasteiger partial charge on any atom is -0.492 e. The van der Waals surface area contributed by atoms with Gasteiger partial charge in [-0.1, -0.05) is 6.07 Å². The molecule has 0 amide bonds. The van der Waals surface area contributed by atoms with Gasteiger partial charge in [0.05, 0.1) is 11.7 Å². The predicted octanol–water partition coefficient (Wildman–Crippen LogP) is 2.31. The Labute approximate surface area is 81.1 Å². The Morgan fingerprint density at radius 3 is 3.08 bits per heavy atom. The summed E-state index contributed by atoms with van der Waals surface area (Å²) in [4.78, 5) is 3.66. The number of halogens is 1. The zero-order chi connectivity index (χ0) is 9.52. The number of hydrogen-bond donors (Lipinski definition) is 0. The van der Waals surface area contributed by atoms with Crippen LogP contribution in [0.15, 0.2) is 29.3 Å². The summed E-state index contributed by atoms with van der Waals surface area (Å²) in [6, 6.07) is 5.96. The maximum atomic E-state index is 12.6. The Bertz CT molecular complexity index is 323. The Morgan fingerprint density at radius 1 is 1.54 bits per heavy atom. The van der Waals surface area contributed by atoms with E-state index < -0.39 is 0 Å². The fourth-order valence-corrected chi connectivity index (χ4v) is 0.903. The van der Waals surface area contributed by atoms with Crippen molar-refractivity contribution in [1.82, 2.24) is 0 Å². The van der Waals surface area contributed by atoms with Gasteiger partial charge in [-0.3, -0.25) is 0 Å². The average molecular weight is 197 g/mol. The van der Waals surface area contributed by atoms with E-state index in [0.29, 0.717) is 18.9 Å². The zero-order valence-electron chi connectivity index (χ0n) is 6.87. The topological polar surface area (TPSA) is 21.6 Å². The van der Waals surface area contributed by atoms with Crippen LogP contribution in [0, 0.1) is 5.82 Å². The lowest BCUT2D eigenvalue weighted by atomic mass is 10.3. The van der Waals surface area contributed by atoms with Crippen molar-refractivity contribution in [3.63, 3.8) is 0 Å². The largest absolute Gasteiger partial charge is 0.492 e. The van der Waals surface area contributed by atoms with Gasteiger partial charge in [0.2, 0.25) is 0 Å². The van der Waals surface area contributed by atoms with Gasteiger partial charge in [-0.05, 0) is 24.4 Å². The van der Waals surface area contributed by atoms with E-state index in [9.17, 15) is 4.39 Å². The van der Waals surface area contributed by atoms with E-state index in [1.54, 1.807) is 12.1 Å². The van der Waals surface area contributed by atoms with Crippen molar-refractivity contribution >= 4 is 17.4 Å². The molecule has 0 aromatic heterocycles. The van der Waals surface area contributed by atoms with Crippen molar-refractivity contribution in [1.29, 1.82) is 0 Å². The first kappa shape index (κ1) is 9.84. The Morgan fingerprint density at radius 2 is 2.38 bits per heavy atom. The molecule has 1 aromatic carbocycles. The van der Waals surface area contributed by atoms with Crippen LogP contribution < -0.4 is 4.74 Å². The number of aliphatic imine (C=N–C) groups is 1. The summed E-state index contributed by atoms with van der Waals surface area (Å²) in [5.74, 6) is 0.190. The number of hydrogen-bond acceptors (Lipinski definition) is 3. The van der Waals surface area contributed by atoms with Crippen LogP contribution in [0.3, 0.4) is 0 Å². The molecule has 1 rings (SSSR count). The molecule has 1 aromatic rings. The van der Waals surface area contributed by atoms with Gasteiger partial charge in [0, 0.05) is 6.07 Å². The van der Waals surface area contributed by atoms with Crippen LogP contribution in [0.2, 0.25) is 0 Å². The second-order valence-electron chi connectivity index (χ2n) is 2.28. The van der Waals surface area contributed by atoms with Gasteiger partial charge < -0.3 is 4.74 Å². The highest BCUT2D eigenvalue weighted by Crippen LogP contribution is 2.11. The second-order valence-corrected chi connectivity index (χ2v) is 2.46. The van der Waals surface area contributed by atoms with E-state index in [0.717, 1.165) is 0 Å². The van der Waals surface area contributed by atoms with Crippen molar-refractivity contribution in [3.8, 4) is 5.75 Å². The number of ether oxygens (including phenoxy) is 1. The van der Waals surface area contributed by atoms with Gasteiger partial charge in [-0.15, -0.1) is 0 Å². The number of rotatable bonds is 4. The van der Waals surface area contributed by atoms with E-state index in [1.807, 2.05) is 0 Å². The normalized spacial score (nSPS) is 9.00. The van der Waals surface area contributed by atoms with Crippen molar-refractivity contribution in [2.75, 3.05) is 13.2 Å². The van der Waals surface area contributed by atoms with E-state index >= 15 is 0 Å². The summed E-state index contributed by atoms with van der Waals surface area (Å²) < 4.78 is 17.8. The van der Waals surface area contributed by atoms with Crippen LogP contribution in [0.4, 0.5) is 4.39 Å². The van der Waals surface area contributed by atoms with Crippen LogP contribution in [0.25, 0.3) is 0 Å². The first-order valence-electron chi connectivity index (χ1n) is 3.75. The lowest BCUT2D eigenvalue weighted by Gasteiger charge is -2.02. The highest BCUT2D eigenvalue weighted by Gasteiger charge is 1.94. The summed E-state index contributed by atoms with van der Waals surface area (Å²) in [6.45, 7) is 0.826. The molecule has 0 bridgehead atoms. The van der Waals surface area contributed by atoms with E-state index in [4.69, 9.17) is 4.74 Å². The SMILES string of the molecule is Fc1cccc(OCCN=C=S)c1. The molecule has 0 atom stereocenters. The number of isothiocyanates is 1. The maximum absolute atomic E-state index is 12.6. The van der Waals surface area contributed by atoms with Gasteiger partial charge in [-0.25, -0.2) is 9.38 Å². The molecular weight excluding hydrogens is 189 g/mol. The van der Waals surface area contributed by atoms with Crippen LogP contribution in [0.5, 0.6) is 5.75 Å². The van der Waals surface area contributed by atoms with Gasteiger partial charge in [0.15, 0.2) is 0 Å². The number of nitrogens with zero attached hydrogens (tertiary/aromatic N) is 1. The molecule has 0 fully saturated rings. The molecule has 0 saturated heterocycles. The monoisotopic (exact) mass is 197 g/mol. The van der Waals surface area contributed by atoms with Crippen molar-refractivity contribution in [2.24, 2.45) is 4.99 Å². The van der Waals surface area contributed by atoms with Crippen LogP contribution in [-0.4, -0.2) is 18.3 Å². The molecule has 0 unspecified atom stereocenters. The number of thiocarbonyl (C=S) groups is 1. The fourth-order valence-electron chi connectivity index (χ4n) is 0.812. The van der Waals surface area contributed by atoms with Crippen molar-refractivity contribution in [3.05, 3.63) is 30.1 Å². The van der Waals surface area contributed by atoms with Gasteiger partial charge in [0.25, 0.3) is 0 Å². The summed E-state index contributed by atoms with van der Waals surface area (Å²) in [6.07, 6.45) is 0. The molecule has 0 aliphatic rings. The van der Waals surface area contributed by atoms with Crippen LogP contribution in [0.1, 0.15) is 0 Å². The Hall–Kier alpha value is -1.25. The summed E-state index contributed by atoms with van der Waals surface area (Å²) in [5, 5.41) is 2.22. The third kappa shape index (κ3) is 3.78. The quantitative estimate of drug-likeness (QED) is 0.419. The minimum atomic E-state index is -0.309. The van der Waals surface area contributed by atoms with Gasteiger partial charge >= 0.3 is 0 Å². The average Bonchev–Trinajstić information content (AvgIpc) is 2.13. The lowest BCUT2D eigenvalue weighted by molar-refractivity contribution is 0.327. The van der Waals surface area contributed by atoms with E-state index in [-0.39, 0.29) is 5.82 Å². The first-order chi connectivity index (χ1) is 6.33. The first-order valence-corrected chi connectivity index (χ1v) is 4.16. The van der Waals surface area contributed by atoms with E-state index in [1.165, 1.54) is 12.1 Å². The van der Waals surface area contributed by atoms with Crippen LogP contribution in [-0.2, 0) is 0 Å². The molecule has 13 heavy (non-hydrogen) atoms. The maximum Gasteiger partial charge on any atom is 0.126 e. The molecule has 0 aliphatic heterocycles. The predicted molar refractivity (Wildman–Crippen MR) is 51.8 cm³/mol. The fraction of sp³-hybridized carbons (Fsp3) is 0.222. The molecule has 0 radical (unpaired) electrons. The molecule has 0 N–H and O–H groups in total. The van der Waals surface area contributed by atoms with Crippen molar-refractivity contribution in [2.45, 2.75) is 0 Å². The standard InChI is InChI=1S/C9H8FNOS/c10-8-2-1-3-9(6-8)12-5-4-11-7-13/h1-3,6H,4-5H2. The molecule has 68 valence electrons. The van der Waals surface area contributed by atoms with Crippen molar-refractivity contribution < 1.29 is 9.13 Å². The molecular formula is C9H8FNOS. The summed E-state index contributed by atoms with van der Waals surface area (Å²) in [7, 11) is 0. The molecule has 2 nitrogen and oxygen atoms in total. The number of benzene rings is 1. The lowest BCUT2D eigenvalue weighted by Crippen LogP contribution is -2.00. The highest BCUT2D eigenvalue weighted by atomic mass is 32.1. The van der Waals surface area contributed by atoms with E-state index in [2.05, 4.69) is 22.4 Å². The van der Waals surface area contributed by atoms with Gasteiger partial charge in [-0.2, -0.15) is 0 Å². The third-order valence-electron chi connectivity index (χ3n) is 1.33. The summed E-state index contributed by atoms with van der Waals surface area (Å²) in [5.41, 5.74) is 0. The molecule has 0 heterocycles. The highest BCUT2D eigenvalue weighted by molar-refractivity contribution is 7.78. The second kappa shape index (κ2) is 5.41. The molecule has 0 aliphatic carbocycles. The smallest absolute Gasteiger partial charge is 0.126 e. The molecule has 0 saturated carbocycles. The zero-order valence-corrected chi connectivity index (χ0v) is 7.68. The Balaban J connectivity index is 2.40. The summed E-state index contributed by atoms with van der Waals surface area (Å²) >= 11 is 4.37. The van der Waals surface area contributed by atoms with Crippen LogP contribution >= 0.6 is 12.2 Å². The Kier molecular flexibility index (Phi) is 4.09. The molecule has 4 heteroatoms. The third-order valence-corrected chi connectivity index (χ3v) is 1.46.